The summed E-state index contributed by atoms with van der Waals surface area (Å²) in [6.07, 6.45) is -0.589. The van der Waals surface area contributed by atoms with E-state index in [0.29, 0.717) is 21.8 Å². The number of hydroxylamine groups is 2. The standard InChI is InChI=1S/C12H15N5O4S2/c1-5-7-8(15-11(13)14-5)17(12(19)23-7)6-4-22-10(21-6)9(18)16(2)20-3/h6,10H,4H2,1-3H3,(H2,13,14,15)/t6-,10+/m1/s1. The number of nitrogens with zero attached hydrogens (tertiary/aromatic N) is 4. The third-order valence-electron chi connectivity index (χ3n) is 3.39. The van der Waals surface area contributed by atoms with E-state index < -0.39 is 11.7 Å². The van der Waals surface area contributed by atoms with E-state index in [1.54, 1.807) is 6.92 Å². The molecule has 3 rings (SSSR count). The molecule has 124 valence electrons. The van der Waals surface area contributed by atoms with Crippen molar-refractivity contribution in [1.82, 2.24) is 19.6 Å². The van der Waals surface area contributed by atoms with Gasteiger partial charge in [0, 0.05) is 12.8 Å². The molecule has 0 spiro atoms. The van der Waals surface area contributed by atoms with Crippen molar-refractivity contribution < 1.29 is 14.4 Å². The number of thiazole rings is 1. The largest absolute Gasteiger partial charge is 0.368 e. The van der Waals surface area contributed by atoms with Crippen LogP contribution in [0, 0.1) is 6.92 Å². The maximum Gasteiger partial charge on any atom is 0.311 e. The Labute approximate surface area is 139 Å². The highest BCUT2D eigenvalue weighted by Crippen LogP contribution is 2.34. The number of anilines is 1. The first-order chi connectivity index (χ1) is 10.9. The predicted molar refractivity (Wildman–Crippen MR) is 87.0 cm³/mol. The highest BCUT2D eigenvalue weighted by Gasteiger charge is 2.36. The number of ether oxygens (including phenoxy) is 1. The molecular formula is C12H15N5O4S2. The zero-order valence-corrected chi connectivity index (χ0v) is 14.3. The number of rotatable bonds is 3. The molecule has 1 aliphatic heterocycles. The quantitative estimate of drug-likeness (QED) is 0.783. The van der Waals surface area contributed by atoms with E-state index in [4.69, 9.17) is 15.3 Å². The van der Waals surface area contributed by atoms with E-state index in [9.17, 15) is 9.59 Å². The summed E-state index contributed by atoms with van der Waals surface area (Å²) in [6.45, 7) is 1.77. The van der Waals surface area contributed by atoms with Crippen LogP contribution in [0.25, 0.3) is 10.3 Å². The molecule has 1 aliphatic rings. The molecule has 11 heteroatoms. The van der Waals surface area contributed by atoms with E-state index >= 15 is 0 Å². The van der Waals surface area contributed by atoms with Crippen molar-refractivity contribution in [2.75, 3.05) is 25.6 Å². The Balaban J connectivity index is 1.95. The van der Waals surface area contributed by atoms with E-state index in [-0.39, 0.29) is 16.7 Å². The van der Waals surface area contributed by atoms with Crippen molar-refractivity contribution in [3.63, 3.8) is 0 Å². The molecule has 0 aliphatic carbocycles. The molecule has 0 radical (unpaired) electrons. The summed E-state index contributed by atoms with van der Waals surface area (Å²) in [5, 5.41) is 1.10. The van der Waals surface area contributed by atoms with Gasteiger partial charge in [0.15, 0.2) is 17.3 Å². The van der Waals surface area contributed by atoms with Crippen LogP contribution < -0.4 is 10.6 Å². The van der Waals surface area contributed by atoms with Crippen LogP contribution in [0.4, 0.5) is 5.95 Å². The lowest BCUT2D eigenvalue weighted by molar-refractivity contribution is -0.177. The van der Waals surface area contributed by atoms with Crippen molar-refractivity contribution >= 4 is 45.3 Å². The highest BCUT2D eigenvalue weighted by atomic mass is 32.2. The maximum atomic E-state index is 12.3. The fraction of sp³-hybridized carbons (Fsp3) is 0.500. The van der Waals surface area contributed by atoms with E-state index in [1.165, 1.54) is 30.5 Å². The number of nitrogen functional groups attached to an aromatic ring is 1. The molecule has 2 aromatic rings. The average Bonchev–Trinajstić information content (AvgIpc) is 3.09. The second kappa shape index (κ2) is 6.07. The van der Waals surface area contributed by atoms with Crippen LogP contribution in [0.2, 0.25) is 0 Å². The number of hydrogen-bond acceptors (Lipinski definition) is 9. The van der Waals surface area contributed by atoms with Crippen molar-refractivity contribution in [3.8, 4) is 0 Å². The van der Waals surface area contributed by atoms with Gasteiger partial charge >= 0.3 is 4.87 Å². The molecule has 2 aromatic heterocycles. The molecule has 0 unspecified atom stereocenters. The molecule has 23 heavy (non-hydrogen) atoms. The fourth-order valence-electron chi connectivity index (χ4n) is 2.22. The Morgan fingerprint density at radius 2 is 2.26 bits per heavy atom. The summed E-state index contributed by atoms with van der Waals surface area (Å²) in [7, 11) is 2.90. The topological polar surface area (TPSA) is 113 Å². The number of likely N-dealkylation sites (N-methyl/N-ethyl adjacent to an activating group) is 1. The number of thioether (sulfide) groups is 1. The number of aryl methyl sites for hydroxylation is 1. The number of nitrogens with two attached hydrogens (primary N) is 1. The van der Waals surface area contributed by atoms with Crippen LogP contribution in [0.5, 0.6) is 0 Å². The minimum Gasteiger partial charge on any atom is -0.368 e. The number of carbonyl (C=O) groups excluding carboxylic acids is 1. The molecule has 2 N–H and O–H groups in total. The third kappa shape index (κ3) is 2.80. The van der Waals surface area contributed by atoms with E-state index in [2.05, 4.69) is 9.97 Å². The van der Waals surface area contributed by atoms with Crippen molar-refractivity contribution in [1.29, 1.82) is 0 Å². The van der Waals surface area contributed by atoms with Gasteiger partial charge in [0.25, 0.3) is 5.91 Å². The second-order valence-corrected chi connectivity index (χ2v) is 6.89. The molecule has 1 fully saturated rings. The molecule has 3 heterocycles. The molecule has 1 amide bonds. The number of carbonyl (C=O) groups is 1. The average molecular weight is 357 g/mol. The normalized spacial score (nSPS) is 21.0. The van der Waals surface area contributed by atoms with Gasteiger partial charge in [-0.25, -0.2) is 10.0 Å². The van der Waals surface area contributed by atoms with Gasteiger partial charge in [-0.3, -0.25) is 19.0 Å². The number of amides is 1. The summed E-state index contributed by atoms with van der Waals surface area (Å²) >= 11 is 2.34. The van der Waals surface area contributed by atoms with Crippen molar-refractivity contribution in [2.24, 2.45) is 0 Å². The summed E-state index contributed by atoms with van der Waals surface area (Å²) in [5.41, 5.74) is 6.03. The molecule has 2 atom stereocenters. The van der Waals surface area contributed by atoms with Crippen LogP contribution in [0.1, 0.15) is 11.9 Å². The summed E-state index contributed by atoms with van der Waals surface area (Å²) in [6, 6.07) is 0. The van der Waals surface area contributed by atoms with Gasteiger partial charge in [-0.05, 0) is 6.92 Å². The SMILES string of the molecule is CON(C)C(=O)[C@H]1O[C@@H](n2c(=O)sc3c(C)nc(N)nc32)CS1. The van der Waals surface area contributed by atoms with Gasteiger partial charge in [-0.1, -0.05) is 11.3 Å². The molecule has 9 nitrogen and oxygen atoms in total. The zero-order chi connectivity index (χ0) is 16.7. The third-order valence-corrected chi connectivity index (χ3v) is 5.54. The van der Waals surface area contributed by atoms with Crippen LogP contribution in [-0.4, -0.2) is 50.9 Å². The fourth-order valence-corrected chi connectivity index (χ4v) is 4.19. The Hall–Kier alpha value is -1.69. The van der Waals surface area contributed by atoms with Gasteiger partial charge in [0.1, 0.15) is 0 Å². The predicted octanol–water partition coefficient (Wildman–Crippen LogP) is 0.352. The molecular weight excluding hydrogens is 342 g/mol. The first-order valence-corrected chi connectivity index (χ1v) is 8.52. The summed E-state index contributed by atoms with van der Waals surface area (Å²) in [4.78, 5) is 37.2. The second-order valence-electron chi connectivity index (χ2n) is 4.83. The molecule has 1 saturated heterocycles. The minimum atomic E-state index is -0.730. The first-order valence-electron chi connectivity index (χ1n) is 6.66. The lowest BCUT2D eigenvalue weighted by Gasteiger charge is -2.18. The van der Waals surface area contributed by atoms with E-state index in [0.717, 1.165) is 16.4 Å². The van der Waals surface area contributed by atoms with Gasteiger partial charge in [0.05, 0.1) is 17.5 Å². The maximum absolute atomic E-state index is 12.3. The van der Waals surface area contributed by atoms with Crippen LogP contribution in [0.3, 0.4) is 0 Å². The van der Waals surface area contributed by atoms with Gasteiger partial charge < -0.3 is 10.5 Å². The van der Waals surface area contributed by atoms with Crippen molar-refractivity contribution in [3.05, 3.63) is 15.4 Å². The van der Waals surface area contributed by atoms with E-state index in [1.807, 2.05) is 0 Å². The van der Waals surface area contributed by atoms with Crippen LogP contribution >= 0.6 is 23.1 Å². The summed E-state index contributed by atoms with van der Waals surface area (Å²) < 4.78 is 7.82. The number of aromatic nitrogens is 3. The van der Waals surface area contributed by atoms with Gasteiger partial charge in [-0.2, -0.15) is 4.98 Å². The lowest BCUT2D eigenvalue weighted by atomic mass is 10.4. The van der Waals surface area contributed by atoms with Crippen LogP contribution in [-0.2, 0) is 14.4 Å². The Bertz CT molecular complexity index is 820. The van der Waals surface area contributed by atoms with Crippen LogP contribution in [0.15, 0.2) is 4.79 Å². The monoisotopic (exact) mass is 357 g/mol. The Morgan fingerprint density at radius 1 is 1.52 bits per heavy atom. The number of fused-ring (bicyclic) bond motifs is 1. The van der Waals surface area contributed by atoms with Gasteiger partial charge in [0.2, 0.25) is 5.95 Å². The smallest absolute Gasteiger partial charge is 0.311 e. The summed E-state index contributed by atoms with van der Waals surface area (Å²) in [5.74, 6) is 0.222. The number of hydrogen-bond donors (Lipinski definition) is 1. The zero-order valence-electron chi connectivity index (χ0n) is 12.7. The van der Waals surface area contributed by atoms with Crippen molar-refractivity contribution in [2.45, 2.75) is 18.6 Å². The first kappa shape index (κ1) is 16.2. The Kier molecular flexibility index (Phi) is 4.27. The molecule has 0 aromatic carbocycles. The molecule has 0 saturated carbocycles. The lowest BCUT2D eigenvalue weighted by Crippen LogP contribution is -2.34. The highest BCUT2D eigenvalue weighted by molar-refractivity contribution is 8.00. The van der Waals surface area contributed by atoms with Gasteiger partial charge in [-0.15, -0.1) is 11.8 Å². The Morgan fingerprint density at radius 3 is 2.96 bits per heavy atom. The molecule has 0 bridgehead atoms. The minimum absolute atomic E-state index is 0.0962.